The van der Waals surface area contributed by atoms with Crippen molar-refractivity contribution in [3.05, 3.63) is 11.7 Å². The molecule has 1 aromatic heterocycles. The monoisotopic (exact) mass is 282 g/mol. The molecule has 112 valence electrons. The molecule has 0 unspecified atom stereocenters. The van der Waals surface area contributed by atoms with Gasteiger partial charge in [0, 0.05) is 19.6 Å². The molecule has 2 rings (SSSR count). The maximum atomic E-state index is 12.2. The number of carbonyl (C=O) groups is 1. The maximum Gasteiger partial charge on any atom is 0.245 e. The van der Waals surface area contributed by atoms with E-state index >= 15 is 0 Å². The third-order valence-electron chi connectivity index (χ3n) is 3.41. The van der Waals surface area contributed by atoms with E-state index in [4.69, 9.17) is 4.52 Å². The number of likely N-dealkylation sites (N-methyl/N-ethyl adjacent to an activating group) is 1. The number of amides is 1. The molecule has 1 aliphatic rings. The number of hydrogen-bond acceptors (Lipinski definition) is 6. The zero-order valence-corrected chi connectivity index (χ0v) is 12.5. The number of aromatic nitrogens is 2. The molecule has 1 N–H and O–H groups in total. The van der Waals surface area contributed by atoms with Gasteiger partial charge >= 0.3 is 0 Å². The molecular formula is C13H22N4O3. The number of aliphatic hydroxyl groups is 1. The Labute approximate surface area is 118 Å². The average molecular weight is 282 g/mol. The Bertz CT molecular complexity index is 480. The molecule has 20 heavy (non-hydrogen) atoms. The van der Waals surface area contributed by atoms with Gasteiger partial charge in [0.15, 0.2) is 5.82 Å². The molecule has 1 amide bonds. The van der Waals surface area contributed by atoms with Gasteiger partial charge in [0.05, 0.1) is 12.0 Å². The summed E-state index contributed by atoms with van der Waals surface area (Å²) in [5.74, 6) is 1.07. The lowest BCUT2D eigenvalue weighted by Crippen LogP contribution is -2.50. The predicted molar refractivity (Wildman–Crippen MR) is 71.9 cm³/mol. The number of piperazine rings is 1. The summed E-state index contributed by atoms with van der Waals surface area (Å²) < 4.78 is 5.21. The van der Waals surface area contributed by atoms with E-state index in [2.05, 4.69) is 15.0 Å². The molecule has 2 heterocycles. The van der Waals surface area contributed by atoms with Crippen molar-refractivity contribution in [3.8, 4) is 0 Å². The molecule has 1 aliphatic heterocycles. The molecule has 0 aliphatic carbocycles. The van der Waals surface area contributed by atoms with Crippen molar-refractivity contribution in [2.75, 3.05) is 26.7 Å². The van der Waals surface area contributed by atoms with Gasteiger partial charge in [-0.1, -0.05) is 5.16 Å². The second-order valence-corrected chi connectivity index (χ2v) is 6.01. The van der Waals surface area contributed by atoms with Crippen LogP contribution in [0.25, 0.3) is 0 Å². The first-order chi connectivity index (χ1) is 9.26. The fourth-order valence-corrected chi connectivity index (χ4v) is 2.30. The molecule has 0 saturated carbocycles. The molecule has 0 radical (unpaired) electrons. The third kappa shape index (κ3) is 3.55. The van der Waals surface area contributed by atoms with Gasteiger partial charge in [-0.25, -0.2) is 0 Å². The van der Waals surface area contributed by atoms with E-state index in [9.17, 15) is 9.90 Å². The van der Waals surface area contributed by atoms with Gasteiger partial charge in [-0.05, 0) is 27.8 Å². The average Bonchev–Trinajstić information content (AvgIpc) is 2.74. The Balaban J connectivity index is 2.06. The van der Waals surface area contributed by atoms with Crippen molar-refractivity contribution in [1.82, 2.24) is 19.9 Å². The molecule has 7 nitrogen and oxygen atoms in total. The molecule has 0 aromatic carbocycles. The summed E-state index contributed by atoms with van der Waals surface area (Å²) in [6.07, 6.45) is 0.117. The SMILES string of the molecule is Cc1noc([C@H]2CN(C(=O)CC(C)(C)O)CCN2C)n1. The number of rotatable bonds is 3. The first kappa shape index (κ1) is 14.9. The Kier molecular flexibility index (Phi) is 4.10. The van der Waals surface area contributed by atoms with Crippen LogP contribution in [0.2, 0.25) is 0 Å². The Morgan fingerprint density at radius 1 is 1.50 bits per heavy atom. The summed E-state index contributed by atoms with van der Waals surface area (Å²) in [6, 6.07) is -0.0873. The highest BCUT2D eigenvalue weighted by molar-refractivity contribution is 5.77. The first-order valence-electron chi connectivity index (χ1n) is 6.77. The van der Waals surface area contributed by atoms with Crippen LogP contribution in [0.4, 0.5) is 0 Å². The Morgan fingerprint density at radius 3 is 2.75 bits per heavy atom. The van der Waals surface area contributed by atoms with Crippen LogP contribution < -0.4 is 0 Å². The minimum atomic E-state index is -0.989. The van der Waals surface area contributed by atoms with E-state index in [0.29, 0.717) is 24.8 Å². The molecule has 1 atom stereocenters. The van der Waals surface area contributed by atoms with Crippen LogP contribution in [0.5, 0.6) is 0 Å². The highest BCUT2D eigenvalue weighted by Gasteiger charge is 2.33. The normalized spacial score (nSPS) is 21.2. The lowest BCUT2D eigenvalue weighted by Gasteiger charge is -2.38. The number of aryl methyl sites for hydroxylation is 1. The van der Waals surface area contributed by atoms with E-state index in [0.717, 1.165) is 6.54 Å². The van der Waals surface area contributed by atoms with E-state index in [1.807, 2.05) is 7.05 Å². The fourth-order valence-electron chi connectivity index (χ4n) is 2.30. The maximum absolute atomic E-state index is 12.2. The van der Waals surface area contributed by atoms with E-state index in [-0.39, 0.29) is 18.4 Å². The lowest BCUT2D eigenvalue weighted by atomic mass is 10.0. The minimum Gasteiger partial charge on any atom is -0.390 e. The van der Waals surface area contributed by atoms with Crippen molar-refractivity contribution in [3.63, 3.8) is 0 Å². The van der Waals surface area contributed by atoms with E-state index in [1.54, 1.807) is 25.7 Å². The van der Waals surface area contributed by atoms with Crippen LogP contribution in [-0.2, 0) is 4.79 Å². The summed E-state index contributed by atoms with van der Waals surface area (Å²) >= 11 is 0. The summed E-state index contributed by atoms with van der Waals surface area (Å²) in [6.45, 7) is 6.94. The van der Waals surface area contributed by atoms with Crippen LogP contribution in [0.1, 0.15) is 38.0 Å². The van der Waals surface area contributed by atoms with Crippen molar-refractivity contribution in [2.24, 2.45) is 0 Å². The predicted octanol–water partition coefficient (Wildman–Crippen LogP) is 0.354. The van der Waals surface area contributed by atoms with Crippen molar-refractivity contribution < 1.29 is 14.4 Å². The quantitative estimate of drug-likeness (QED) is 0.861. The number of carbonyl (C=O) groups excluding carboxylic acids is 1. The topological polar surface area (TPSA) is 82.7 Å². The van der Waals surface area contributed by atoms with Gasteiger partial charge in [0.1, 0.15) is 6.04 Å². The summed E-state index contributed by atoms with van der Waals surface area (Å²) in [7, 11) is 1.97. The van der Waals surface area contributed by atoms with Crippen molar-refractivity contribution in [1.29, 1.82) is 0 Å². The van der Waals surface area contributed by atoms with Crippen LogP contribution in [0.15, 0.2) is 4.52 Å². The molecular weight excluding hydrogens is 260 g/mol. The summed E-state index contributed by atoms with van der Waals surface area (Å²) in [5, 5.41) is 13.6. The summed E-state index contributed by atoms with van der Waals surface area (Å²) in [4.78, 5) is 20.3. The lowest BCUT2D eigenvalue weighted by molar-refractivity contribution is -0.138. The van der Waals surface area contributed by atoms with Gasteiger partial charge in [0.2, 0.25) is 11.8 Å². The number of hydrogen-bond donors (Lipinski definition) is 1. The molecule has 0 spiro atoms. The van der Waals surface area contributed by atoms with Crippen LogP contribution >= 0.6 is 0 Å². The van der Waals surface area contributed by atoms with E-state index < -0.39 is 5.60 Å². The van der Waals surface area contributed by atoms with Gasteiger partial charge in [-0.15, -0.1) is 0 Å². The Hall–Kier alpha value is -1.47. The van der Waals surface area contributed by atoms with Gasteiger partial charge in [-0.3, -0.25) is 9.69 Å². The fraction of sp³-hybridized carbons (Fsp3) is 0.769. The van der Waals surface area contributed by atoms with Crippen molar-refractivity contribution in [2.45, 2.75) is 38.8 Å². The minimum absolute atomic E-state index is 0.0492. The molecule has 7 heteroatoms. The Morgan fingerprint density at radius 2 is 2.20 bits per heavy atom. The first-order valence-corrected chi connectivity index (χ1v) is 6.77. The van der Waals surface area contributed by atoms with Gasteiger partial charge in [-0.2, -0.15) is 4.98 Å². The molecule has 1 fully saturated rings. The van der Waals surface area contributed by atoms with Crippen molar-refractivity contribution >= 4 is 5.91 Å². The zero-order chi connectivity index (χ0) is 14.9. The second-order valence-electron chi connectivity index (χ2n) is 6.01. The molecule has 0 bridgehead atoms. The van der Waals surface area contributed by atoms with Crippen LogP contribution in [0.3, 0.4) is 0 Å². The molecule has 1 saturated heterocycles. The largest absolute Gasteiger partial charge is 0.390 e. The number of nitrogens with zero attached hydrogens (tertiary/aromatic N) is 4. The standard InChI is InChI=1S/C13H22N4O3/c1-9-14-12(20-15-9)10-8-17(6-5-16(10)4)11(18)7-13(2,3)19/h10,19H,5-8H2,1-4H3/t10-/m1/s1. The second kappa shape index (κ2) is 5.49. The van der Waals surface area contributed by atoms with Gasteiger partial charge in [0.25, 0.3) is 0 Å². The highest BCUT2D eigenvalue weighted by atomic mass is 16.5. The van der Waals surface area contributed by atoms with Gasteiger partial charge < -0.3 is 14.5 Å². The highest BCUT2D eigenvalue weighted by Crippen LogP contribution is 2.23. The van der Waals surface area contributed by atoms with Crippen LogP contribution in [0, 0.1) is 6.92 Å². The third-order valence-corrected chi connectivity index (χ3v) is 3.41. The summed E-state index contributed by atoms with van der Waals surface area (Å²) in [5.41, 5.74) is -0.989. The molecule has 1 aromatic rings. The van der Waals surface area contributed by atoms with Crippen LogP contribution in [-0.4, -0.2) is 63.2 Å². The smallest absolute Gasteiger partial charge is 0.245 e. The van der Waals surface area contributed by atoms with E-state index in [1.165, 1.54) is 0 Å². The zero-order valence-electron chi connectivity index (χ0n) is 12.5.